The molecule has 14 heavy (non-hydrogen) atoms. The summed E-state index contributed by atoms with van der Waals surface area (Å²) in [6, 6.07) is 7.40. The average Bonchev–Trinajstić information content (AvgIpc) is 2.16. The first-order chi connectivity index (χ1) is 6.68. The molecule has 3 nitrogen and oxygen atoms in total. The molecule has 1 unspecified atom stereocenters. The molecule has 3 heteroatoms. The molecule has 1 aliphatic carbocycles. The first-order valence-electron chi connectivity index (χ1n) is 4.30. The fourth-order valence-electron chi connectivity index (χ4n) is 1.52. The summed E-state index contributed by atoms with van der Waals surface area (Å²) in [5.74, 6) is -1.64. The van der Waals surface area contributed by atoms with Crippen molar-refractivity contribution in [2.24, 2.45) is 11.7 Å². The second-order valence-electron chi connectivity index (χ2n) is 3.22. The van der Waals surface area contributed by atoms with Gasteiger partial charge in [-0.3, -0.25) is 9.59 Å². The largest absolute Gasteiger partial charge is 0.369 e. The van der Waals surface area contributed by atoms with E-state index in [0.717, 1.165) is 10.4 Å². The minimum atomic E-state index is -0.801. The predicted molar refractivity (Wildman–Crippen MR) is 52.3 cm³/mol. The topological polar surface area (TPSA) is 60.2 Å². The Kier molecular flexibility index (Phi) is 1.93. The molecule has 0 saturated carbocycles. The van der Waals surface area contributed by atoms with E-state index in [4.69, 9.17) is 5.73 Å². The smallest absolute Gasteiger partial charge is 0.232 e. The number of benzene rings is 1. The van der Waals surface area contributed by atoms with Gasteiger partial charge < -0.3 is 5.73 Å². The number of Topliss-reactive ketones (excluding diaryl/α,β-unsaturated/α-hetero) is 1. The molecule has 1 aromatic carbocycles. The van der Waals surface area contributed by atoms with Crippen LogP contribution in [-0.2, 0) is 9.59 Å². The molecule has 1 aliphatic rings. The van der Waals surface area contributed by atoms with Gasteiger partial charge in [0.15, 0.2) is 5.78 Å². The van der Waals surface area contributed by atoms with Crippen LogP contribution in [-0.4, -0.2) is 11.7 Å². The number of hydrogen-bond donors (Lipinski definition) is 1. The second-order valence-corrected chi connectivity index (χ2v) is 3.22. The molecule has 1 atom stereocenters. The first kappa shape index (κ1) is 8.69. The van der Waals surface area contributed by atoms with Gasteiger partial charge in [-0.05, 0) is 16.5 Å². The van der Waals surface area contributed by atoms with Gasteiger partial charge >= 0.3 is 0 Å². The van der Waals surface area contributed by atoms with E-state index in [0.29, 0.717) is 0 Å². The summed E-state index contributed by atoms with van der Waals surface area (Å²) in [5.41, 5.74) is 5.10. The van der Waals surface area contributed by atoms with E-state index in [1.54, 1.807) is 6.08 Å². The number of rotatable bonds is 1. The van der Waals surface area contributed by atoms with E-state index in [1.807, 2.05) is 24.3 Å². The number of carbonyl (C=O) groups is 2. The number of amides is 1. The zero-order chi connectivity index (χ0) is 10.1. The predicted octanol–water partition coefficient (Wildman–Crippen LogP) is -1.07. The van der Waals surface area contributed by atoms with Crippen LogP contribution in [0.15, 0.2) is 24.3 Å². The lowest BCUT2D eigenvalue weighted by atomic mass is 9.96. The number of nitrogens with two attached hydrogens (primary N) is 1. The van der Waals surface area contributed by atoms with E-state index in [2.05, 4.69) is 0 Å². The van der Waals surface area contributed by atoms with Crippen LogP contribution in [0.25, 0.3) is 12.2 Å². The van der Waals surface area contributed by atoms with Crippen LogP contribution in [0.3, 0.4) is 0 Å². The van der Waals surface area contributed by atoms with Crippen molar-refractivity contribution in [1.29, 1.82) is 0 Å². The summed E-state index contributed by atoms with van der Waals surface area (Å²) in [6.45, 7) is 0. The maximum Gasteiger partial charge on any atom is 0.232 e. The molecule has 1 amide bonds. The quantitative estimate of drug-likeness (QED) is 0.569. The van der Waals surface area contributed by atoms with Crippen LogP contribution in [0.2, 0.25) is 0 Å². The number of carbonyl (C=O) groups excluding carboxylic acids is 2. The fourth-order valence-corrected chi connectivity index (χ4v) is 1.52. The Morgan fingerprint density at radius 1 is 1.21 bits per heavy atom. The molecule has 70 valence electrons. The minimum absolute atomic E-state index is 0.240. The molecular weight excluding hydrogens is 178 g/mol. The van der Waals surface area contributed by atoms with Gasteiger partial charge in [-0.1, -0.05) is 30.3 Å². The number of ketones is 1. The normalized spacial score (nSPS) is 19.1. The highest BCUT2D eigenvalue weighted by Crippen LogP contribution is 2.02. The van der Waals surface area contributed by atoms with Crippen LogP contribution in [0, 0.1) is 5.92 Å². The number of hydrogen-bond acceptors (Lipinski definition) is 2. The summed E-state index contributed by atoms with van der Waals surface area (Å²) in [5, 5.41) is 1.73. The van der Waals surface area contributed by atoms with E-state index in [1.165, 1.54) is 6.08 Å². The summed E-state index contributed by atoms with van der Waals surface area (Å²) in [6.07, 6.45) is 3.07. The van der Waals surface area contributed by atoms with Crippen molar-refractivity contribution >= 4 is 23.8 Å². The van der Waals surface area contributed by atoms with Gasteiger partial charge in [0.05, 0.1) is 0 Å². The average molecular weight is 187 g/mol. The number of fused-ring (bicyclic) bond motifs is 1. The van der Waals surface area contributed by atoms with Gasteiger partial charge in [-0.15, -0.1) is 0 Å². The molecule has 0 aliphatic heterocycles. The lowest BCUT2D eigenvalue weighted by Crippen LogP contribution is -2.38. The summed E-state index contributed by atoms with van der Waals surface area (Å²) >= 11 is 0. The molecule has 0 radical (unpaired) electrons. The molecule has 2 rings (SSSR count). The maximum absolute atomic E-state index is 11.4. The molecule has 0 fully saturated rings. The Balaban J connectivity index is 2.67. The Hall–Kier alpha value is -1.90. The molecule has 0 bridgehead atoms. The van der Waals surface area contributed by atoms with E-state index >= 15 is 0 Å². The minimum Gasteiger partial charge on any atom is -0.369 e. The van der Waals surface area contributed by atoms with Crippen molar-refractivity contribution in [3.63, 3.8) is 0 Å². The Bertz CT molecular complexity index is 516. The summed E-state index contributed by atoms with van der Waals surface area (Å²) < 4.78 is 0. The summed E-state index contributed by atoms with van der Waals surface area (Å²) in [4.78, 5) is 22.3. The first-order valence-corrected chi connectivity index (χ1v) is 4.30. The van der Waals surface area contributed by atoms with Crippen molar-refractivity contribution in [2.75, 3.05) is 0 Å². The van der Waals surface area contributed by atoms with Crippen LogP contribution in [0.4, 0.5) is 0 Å². The van der Waals surface area contributed by atoms with Crippen LogP contribution < -0.4 is 16.2 Å². The van der Waals surface area contributed by atoms with Crippen LogP contribution >= 0.6 is 0 Å². The van der Waals surface area contributed by atoms with Gasteiger partial charge in [-0.2, -0.15) is 0 Å². The third-order valence-electron chi connectivity index (χ3n) is 2.25. The Labute approximate surface area is 80.5 Å². The van der Waals surface area contributed by atoms with Gasteiger partial charge in [-0.25, -0.2) is 0 Å². The summed E-state index contributed by atoms with van der Waals surface area (Å²) in [7, 11) is 0. The molecule has 0 heterocycles. The van der Waals surface area contributed by atoms with Gasteiger partial charge in [0.25, 0.3) is 0 Å². The fraction of sp³-hybridized carbons (Fsp3) is 0.0909. The standard InChI is InChI=1S/C11H9NO2/c12-11(14)9-5-7-3-1-2-4-8(7)6-10(9)13/h1-6,9H,(H2,12,14). The molecule has 2 N–H and O–H groups in total. The van der Waals surface area contributed by atoms with Crippen LogP contribution in [0.5, 0.6) is 0 Å². The lowest BCUT2D eigenvalue weighted by Gasteiger charge is -2.08. The zero-order valence-electron chi connectivity index (χ0n) is 7.44. The maximum atomic E-state index is 11.4. The highest BCUT2D eigenvalue weighted by Gasteiger charge is 2.21. The van der Waals surface area contributed by atoms with Gasteiger partial charge in [0.1, 0.15) is 5.92 Å². The van der Waals surface area contributed by atoms with Crippen molar-refractivity contribution < 1.29 is 9.59 Å². The second kappa shape index (κ2) is 3.10. The molecular formula is C11H9NO2. The van der Waals surface area contributed by atoms with Crippen molar-refractivity contribution in [1.82, 2.24) is 0 Å². The van der Waals surface area contributed by atoms with E-state index in [9.17, 15) is 9.59 Å². The monoisotopic (exact) mass is 187 g/mol. The van der Waals surface area contributed by atoms with E-state index in [-0.39, 0.29) is 5.78 Å². The van der Waals surface area contributed by atoms with Crippen molar-refractivity contribution in [2.45, 2.75) is 0 Å². The SMILES string of the molecule is NC(=O)C1C=c2ccccc2=CC1=O. The molecule has 0 spiro atoms. The lowest BCUT2D eigenvalue weighted by molar-refractivity contribution is -0.126. The van der Waals surface area contributed by atoms with Crippen LogP contribution in [0.1, 0.15) is 0 Å². The van der Waals surface area contributed by atoms with E-state index < -0.39 is 11.8 Å². The number of primary amides is 1. The van der Waals surface area contributed by atoms with Crippen molar-refractivity contribution in [3.8, 4) is 0 Å². The Morgan fingerprint density at radius 2 is 1.86 bits per heavy atom. The zero-order valence-corrected chi connectivity index (χ0v) is 7.44. The van der Waals surface area contributed by atoms with Crippen molar-refractivity contribution in [3.05, 3.63) is 34.7 Å². The Morgan fingerprint density at radius 3 is 2.50 bits per heavy atom. The highest BCUT2D eigenvalue weighted by atomic mass is 16.2. The third-order valence-corrected chi connectivity index (χ3v) is 2.25. The van der Waals surface area contributed by atoms with Gasteiger partial charge in [0.2, 0.25) is 5.91 Å². The van der Waals surface area contributed by atoms with Gasteiger partial charge in [0, 0.05) is 0 Å². The third kappa shape index (κ3) is 1.33. The molecule has 0 saturated heterocycles. The molecule has 0 aromatic heterocycles. The molecule has 1 aromatic rings. The highest BCUT2D eigenvalue weighted by molar-refractivity contribution is 6.20.